The molecule has 36 heavy (non-hydrogen) atoms. The number of carboxylic acid groups (broad SMARTS) is 1. The number of nitrogens with zero attached hydrogens (tertiary/aromatic N) is 1. The average molecular weight is 512 g/mol. The molecule has 0 saturated heterocycles. The van der Waals surface area contributed by atoms with Gasteiger partial charge in [0, 0.05) is 12.5 Å². The normalized spacial score (nSPS) is 18.9. The van der Waals surface area contributed by atoms with Crippen molar-refractivity contribution in [2.75, 3.05) is 13.7 Å². The summed E-state index contributed by atoms with van der Waals surface area (Å²) < 4.78 is 35.7. The van der Waals surface area contributed by atoms with Crippen LogP contribution in [-0.2, 0) is 11.3 Å². The molecule has 1 aliphatic heterocycles. The van der Waals surface area contributed by atoms with E-state index in [1.807, 2.05) is 63.2 Å². The Hall–Kier alpha value is -3.04. The lowest BCUT2D eigenvalue weighted by Gasteiger charge is -2.42. The summed E-state index contributed by atoms with van der Waals surface area (Å²) in [5, 5.41) is 9.71. The van der Waals surface area contributed by atoms with E-state index >= 15 is 0 Å². The van der Waals surface area contributed by atoms with Crippen molar-refractivity contribution in [3.05, 3.63) is 88.5 Å². The van der Waals surface area contributed by atoms with Crippen LogP contribution < -0.4 is 9.47 Å². The van der Waals surface area contributed by atoms with Gasteiger partial charge in [0.1, 0.15) is 22.5 Å². The molecule has 0 aliphatic carbocycles. The number of fused-ring (bicyclic) bond motifs is 1. The van der Waals surface area contributed by atoms with Crippen LogP contribution in [0.3, 0.4) is 0 Å². The zero-order chi connectivity index (χ0) is 26.0. The van der Waals surface area contributed by atoms with Gasteiger partial charge < -0.3 is 14.6 Å². The van der Waals surface area contributed by atoms with Crippen molar-refractivity contribution >= 4 is 16.7 Å². The summed E-state index contributed by atoms with van der Waals surface area (Å²) in [5.74, 6) is -0.0903. The number of carbonyl (C=O) groups is 1. The maximum Gasteiger partial charge on any atom is 0.304 e. The van der Waals surface area contributed by atoms with E-state index in [2.05, 4.69) is 0 Å². The lowest BCUT2D eigenvalue weighted by atomic mass is 9.84. The number of aliphatic carboxylic acids is 1. The van der Waals surface area contributed by atoms with E-state index in [0.717, 1.165) is 27.8 Å². The smallest absolute Gasteiger partial charge is 0.304 e. The van der Waals surface area contributed by atoms with Gasteiger partial charge in [0.15, 0.2) is 0 Å². The Labute approximate surface area is 213 Å². The largest absolute Gasteiger partial charge is 0.496 e. The van der Waals surface area contributed by atoms with Crippen LogP contribution in [0.2, 0.25) is 0 Å². The number of aryl methyl sites for hydroxylation is 1. The van der Waals surface area contributed by atoms with Gasteiger partial charge in [-0.2, -0.15) is 4.31 Å². The van der Waals surface area contributed by atoms with E-state index in [0.29, 0.717) is 22.9 Å². The number of methoxy groups -OCH3 is 1. The Bertz CT molecular complexity index is 1260. The van der Waals surface area contributed by atoms with Gasteiger partial charge in [0.2, 0.25) is 0 Å². The Kier molecular flexibility index (Phi) is 7.61. The van der Waals surface area contributed by atoms with Crippen molar-refractivity contribution in [3.8, 4) is 11.5 Å². The molecule has 7 nitrogen and oxygen atoms in total. The molecule has 0 fully saturated rings. The maximum atomic E-state index is 11.9. The predicted octanol–water partition coefficient (Wildman–Crippen LogP) is 6.23. The van der Waals surface area contributed by atoms with E-state index in [9.17, 15) is 19.0 Å². The second-order valence-corrected chi connectivity index (χ2v) is 11.2. The van der Waals surface area contributed by atoms with Gasteiger partial charge in [-0.05, 0) is 66.8 Å². The molecule has 0 radical (unpaired) electrons. The number of rotatable bonds is 7. The highest BCUT2D eigenvalue weighted by atomic mass is 32.3. The molecule has 2 atom stereocenters. The molecule has 0 amide bonds. The number of ether oxygens (including phenoxy) is 2. The minimum atomic E-state index is -3.29. The molecule has 3 N–H and O–H groups in total. The third-order valence-corrected chi connectivity index (χ3v) is 8.64. The summed E-state index contributed by atoms with van der Waals surface area (Å²) in [6.45, 7) is 6.42. The molecule has 3 aromatic carbocycles. The molecular weight excluding hydrogens is 478 g/mol. The van der Waals surface area contributed by atoms with Crippen molar-refractivity contribution in [3.63, 3.8) is 0 Å². The summed E-state index contributed by atoms with van der Waals surface area (Å²) in [5.41, 5.74) is 4.52. The Balaban J connectivity index is 1.74. The Morgan fingerprint density at radius 3 is 2.61 bits per heavy atom. The molecule has 8 heteroatoms. The van der Waals surface area contributed by atoms with Crippen molar-refractivity contribution in [1.29, 1.82) is 0 Å². The second-order valence-electron chi connectivity index (χ2n) is 9.23. The van der Waals surface area contributed by atoms with E-state index in [4.69, 9.17) is 9.47 Å². The molecule has 1 heterocycles. The molecule has 4 rings (SSSR count). The Morgan fingerprint density at radius 1 is 1.14 bits per heavy atom. The van der Waals surface area contributed by atoms with Crippen molar-refractivity contribution in [2.45, 2.75) is 50.7 Å². The summed E-state index contributed by atoms with van der Waals surface area (Å²) >= 11 is 0. The third kappa shape index (κ3) is 5.22. The van der Waals surface area contributed by atoms with Crippen LogP contribution in [0.15, 0.2) is 65.6 Å². The van der Waals surface area contributed by atoms with E-state index < -0.39 is 16.7 Å². The summed E-state index contributed by atoms with van der Waals surface area (Å²) in [6.07, 6.45) is -0.323. The van der Waals surface area contributed by atoms with Crippen molar-refractivity contribution in [2.24, 2.45) is 0 Å². The molecule has 1 unspecified atom stereocenters. The lowest BCUT2D eigenvalue weighted by Crippen LogP contribution is -2.33. The van der Waals surface area contributed by atoms with Gasteiger partial charge in [0.25, 0.3) is 0 Å². The van der Waals surface area contributed by atoms with E-state index in [1.54, 1.807) is 29.6 Å². The summed E-state index contributed by atoms with van der Waals surface area (Å²) in [7, 11) is -1.69. The van der Waals surface area contributed by atoms with Gasteiger partial charge in [-0.25, -0.2) is 0 Å². The van der Waals surface area contributed by atoms with Gasteiger partial charge in [-0.3, -0.25) is 13.9 Å². The third-order valence-electron chi connectivity index (χ3n) is 6.72. The van der Waals surface area contributed by atoms with Crippen LogP contribution in [0.25, 0.3) is 0 Å². The maximum absolute atomic E-state index is 11.9. The average Bonchev–Trinajstić information content (AvgIpc) is 2.92. The fourth-order valence-corrected chi connectivity index (χ4v) is 6.45. The van der Waals surface area contributed by atoms with E-state index in [-0.39, 0.29) is 25.0 Å². The predicted molar refractivity (Wildman–Crippen MR) is 141 cm³/mol. The molecule has 3 aromatic rings. The highest BCUT2D eigenvalue weighted by molar-refractivity contribution is 8.22. The topological polar surface area (TPSA) is 99.5 Å². The van der Waals surface area contributed by atoms with Crippen LogP contribution in [-0.4, -0.2) is 44.2 Å². The monoisotopic (exact) mass is 511 g/mol. The first kappa shape index (κ1) is 26.0. The van der Waals surface area contributed by atoms with Gasteiger partial charge >= 0.3 is 5.97 Å². The molecule has 0 bridgehead atoms. The molecule has 192 valence electrons. The summed E-state index contributed by atoms with van der Waals surface area (Å²) in [6, 6.07) is 18.6. The molecule has 0 aromatic heterocycles. The fraction of sp³-hybridized carbons (Fsp3) is 0.321. The van der Waals surface area contributed by atoms with Crippen molar-refractivity contribution in [1.82, 2.24) is 4.31 Å². The van der Waals surface area contributed by atoms with Crippen LogP contribution in [0.4, 0.5) is 0 Å². The molecule has 0 saturated carbocycles. The van der Waals surface area contributed by atoms with Crippen molar-refractivity contribution < 1.29 is 28.5 Å². The minimum Gasteiger partial charge on any atom is -0.496 e. The SMILES string of the molecule is COc1cccc(C(CC(=O)O)c2ccc(C)c(CN3C[C@@H](C)Oc4ccccc4S3(O)O)c2)c1C. The molecular formula is C28H33NO6S. The van der Waals surface area contributed by atoms with Crippen LogP contribution in [0, 0.1) is 13.8 Å². The zero-order valence-electron chi connectivity index (χ0n) is 21.0. The highest BCUT2D eigenvalue weighted by Gasteiger charge is 2.34. The highest BCUT2D eigenvalue weighted by Crippen LogP contribution is 2.57. The molecule has 0 spiro atoms. The van der Waals surface area contributed by atoms with Crippen LogP contribution >= 0.6 is 10.8 Å². The Morgan fingerprint density at radius 2 is 1.89 bits per heavy atom. The first-order chi connectivity index (χ1) is 17.1. The lowest BCUT2D eigenvalue weighted by molar-refractivity contribution is -0.137. The fourth-order valence-electron chi connectivity index (χ4n) is 4.79. The molecule has 1 aliphatic rings. The van der Waals surface area contributed by atoms with Crippen LogP contribution in [0.5, 0.6) is 11.5 Å². The zero-order valence-corrected chi connectivity index (χ0v) is 21.8. The number of para-hydroxylation sites is 1. The van der Waals surface area contributed by atoms with Gasteiger partial charge in [0.05, 0.1) is 20.1 Å². The first-order valence-corrected chi connectivity index (χ1v) is 13.4. The quantitative estimate of drug-likeness (QED) is 0.346. The number of benzene rings is 3. The second kappa shape index (κ2) is 10.5. The van der Waals surface area contributed by atoms with Gasteiger partial charge in [-0.1, -0.05) is 42.5 Å². The van der Waals surface area contributed by atoms with Gasteiger partial charge in [-0.15, -0.1) is 10.8 Å². The van der Waals surface area contributed by atoms with E-state index in [1.165, 1.54) is 0 Å². The minimum absolute atomic E-state index is 0.0757. The summed E-state index contributed by atoms with van der Waals surface area (Å²) in [4.78, 5) is 12.2. The number of hydrogen-bond acceptors (Lipinski definition) is 6. The number of carboxylic acids is 1. The van der Waals surface area contributed by atoms with Crippen LogP contribution in [0.1, 0.15) is 47.1 Å². The standard InChI is InChI=1S/C28H33NO6S/c1-18-12-13-21(24(15-28(30)31)23-8-7-10-25(34-4)20(23)3)14-22(18)17-29-16-19(2)35-26-9-5-6-11-27(26)36(29,32)33/h5-14,19,24,32-33H,15-17H2,1-4H3,(H,30,31)/t19-,24?/m1/s1. The first-order valence-electron chi connectivity index (χ1n) is 11.9. The number of hydrogen-bond donors (Lipinski definition) is 3.